The number of amides is 2. The van der Waals surface area contributed by atoms with Gasteiger partial charge >= 0.3 is 12.1 Å². The van der Waals surface area contributed by atoms with Gasteiger partial charge in [-0.15, -0.1) is 0 Å². The molecule has 182 valence electrons. The Balaban J connectivity index is 1.61. The van der Waals surface area contributed by atoms with E-state index in [1.54, 1.807) is 0 Å². The van der Waals surface area contributed by atoms with Gasteiger partial charge in [0, 0.05) is 18.9 Å². The zero-order valence-corrected chi connectivity index (χ0v) is 20.1. The molecule has 3 rings (SSSR count). The van der Waals surface area contributed by atoms with Gasteiger partial charge in [-0.05, 0) is 46.9 Å². The predicted molar refractivity (Wildman–Crippen MR) is 131 cm³/mol. The molecular formula is C27H34N2O5. The average molecular weight is 467 g/mol. The minimum absolute atomic E-state index is 0.00924. The van der Waals surface area contributed by atoms with Crippen LogP contribution in [0.5, 0.6) is 0 Å². The molecule has 34 heavy (non-hydrogen) atoms. The van der Waals surface area contributed by atoms with Crippen molar-refractivity contribution in [2.75, 3.05) is 13.2 Å². The van der Waals surface area contributed by atoms with Gasteiger partial charge in [-0.25, -0.2) is 4.79 Å². The van der Waals surface area contributed by atoms with Crippen LogP contribution in [0.2, 0.25) is 0 Å². The van der Waals surface area contributed by atoms with Crippen molar-refractivity contribution in [1.29, 1.82) is 0 Å². The number of nitrogens with one attached hydrogen (secondary N) is 2. The topological polar surface area (TPSA) is 105 Å². The number of ether oxygens (including phenoxy) is 1. The molecule has 1 atom stereocenters. The summed E-state index contributed by atoms with van der Waals surface area (Å²) in [5.74, 6) is -1.30. The highest BCUT2D eigenvalue weighted by molar-refractivity contribution is 5.85. The number of aliphatic carboxylic acids is 1. The van der Waals surface area contributed by atoms with Crippen molar-refractivity contribution in [2.24, 2.45) is 5.41 Å². The molecule has 0 saturated heterocycles. The fraction of sp³-hybridized carbons (Fsp3) is 0.444. The molecule has 1 unspecified atom stereocenters. The van der Waals surface area contributed by atoms with E-state index in [0.29, 0.717) is 12.8 Å². The highest BCUT2D eigenvalue weighted by Gasteiger charge is 2.30. The monoisotopic (exact) mass is 466 g/mol. The number of fused-ring (bicyclic) bond motifs is 3. The van der Waals surface area contributed by atoms with Crippen LogP contribution in [0.25, 0.3) is 11.1 Å². The zero-order chi connectivity index (χ0) is 24.7. The molecule has 2 aromatic carbocycles. The first kappa shape index (κ1) is 25.3. The van der Waals surface area contributed by atoms with Crippen LogP contribution in [0, 0.1) is 5.41 Å². The Morgan fingerprint density at radius 2 is 1.59 bits per heavy atom. The summed E-state index contributed by atoms with van der Waals surface area (Å²) in [7, 11) is 0. The minimum Gasteiger partial charge on any atom is -0.481 e. The number of carboxylic acids is 1. The van der Waals surface area contributed by atoms with Gasteiger partial charge in [0.25, 0.3) is 0 Å². The molecule has 0 spiro atoms. The van der Waals surface area contributed by atoms with E-state index in [9.17, 15) is 14.4 Å². The fourth-order valence-corrected chi connectivity index (χ4v) is 4.20. The molecule has 0 fully saturated rings. The molecule has 0 heterocycles. The van der Waals surface area contributed by atoms with Crippen LogP contribution < -0.4 is 10.6 Å². The SMILES string of the molecule is CC(C)(C)CCC(NC(=O)OCC1c2ccccc2-c2ccccc21)C(=O)NCCCC(=O)O. The van der Waals surface area contributed by atoms with Crippen LogP contribution in [0.15, 0.2) is 48.5 Å². The molecule has 0 saturated carbocycles. The summed E-state index contributed by atoms with van der Waals surface area (Å²) >= 11 is 0. The zero-order valence-electron chi connectivity index (χ0n) is 20.1. The summed E-state index contributed by atoms with van der Waals surface area (Å²) in [4.78, 5) is 36.1. The number of carboxylic acid groups (broad SMARTS) is 1. The molecule has 2 amide bonds. The number of hydrogen-bond acceptors (Lipinski definition) is 4. The highest BCUT2D eigenvalue weighted by Crippen LogP contribution is 2.44. The Morgan fingerprint density at radius 1 is 1.00 bits per heavy atom. The minimum atomic E-state index is -0.907. The molecule has 1 aliphatic carbocycles. The van der Waals surface area contributed by atoms with E-state index in [2.05, 4.69) is 55.7 Å². The third kappa shape index (κ3) is 6.83. The third-order valence-electron chi connectivity index (χ3n) is 6.00. The Labute approximate surface area is 200 Å². The van der Waals surface area contributed by atoms with E-state index in [4.69, 9.17) is 9.84 Å². The van der Waals surface area contributed by atoms with Crippen LogP contribution in [0.4, 0.5) is 4.79 Å². The molecule has 0 bridgehead atoms. The van der Waals surface area contributed by atoms with Gasteiger partial charge in [0.2, 0.25) is 5.91 Å². The summed E-state index contributed by atoms with van der Waals surface area (Å²) in [6, 6.07) is 15.5. The average Bonchev–Trinajstić information content (AvgIpc) is 3.11. The Kier molecular flexibility index (Phi) is 8.31. The molecule has 0 aliphatic heterocycles. The van der Waals surface area contributed by atoms with Crippen LogP contribution in [0.1, 0.15) is 63.5 Å². The molecule has 7 nitrogen and oxygen atoms in total. The van der Waals surface area contributed by atoms with Gasteiger partial charge in [-0.1, -0.05) is 69.3 Å². The van der Waals surface area contributed by atoms with E-state index in [-0.39, 0.29) is 36.8 Å². The van der Waals surface area contributed by atoms with Crippen molar-refractivity contribution in [3.05, 3.63) is 59.7 Å². The first-order valence-corrected chi connectivity index (χ1v) is 11.8. The summed E-state index contributed by atoms with van der Waals surface area (Å²) in [6.45, 7) is 6.63. The third-order valence-corrected chi connectivity index (χ3v) is 6.00. The lowest BCUT2D eigenvalue weighted by atomic mass is 9.88. The lowest BCUT2D eigenvalue weighted by molar-refractivity contribution is -0.137. The largest absolute Gasteiger partial charge is 0.481 e. The maximum atomic E-state index is 12.7. The molecule has 0 radical (unpaired) electrons. The van der Waals surface area contributed by atoms with Gasteiger partial charge in [0.15, 0.2) is 0 Å². The van der Waals surface area contributed by atoms with E-state index in [1.165, 1.54) is 0 Å². The first-order valence-electron chi connectivity index (χ1n) is 11.8. The molecule has 3 N–H and O–H groups in total. The van der Waals surface area contributed by atoms with Crippen molar-refractivity contribution in [1.82, 2.24) is 10.6 Å². The number of benzene rings is 2. The second kappa shape index (κ2) is 11.2. The quantitative estimate of drug-likeness (QED) is 0.440. The molecule has 7 heteroatoms. The number of carbonyl (C=O) groups excluding carboxylic acids is 2. The number of alkyl carbamates (subject to hydrolysis) is 1. The standard InChI is InChI=1S/C27H34N2O5/c1-27(2,3)15-14-23(25(32)28-16-8-13-24(30)31)29-26(33)34-17-22-20-11-6-4-9-18(20)19-10-5-7-12-21(19)22/h4-7,9-12,22-23H,8,13-17H2,1-3H3,(H,28,32)(H,29,33)(H,30,31). The normalized spacial score (nSPS) is 13.5. The lowest BCUT2D eigenvalue weighted by Gasteiger charge is -2.24. The second-order valence-corrected chi connectivity index (χ2v) is 9.91. The maximum absolute atomic E-state index is 12.7. The van der Waals surface area contributed by atoms with Gasteiger partial charge in [-0.3, -0.25) is 9.59 Å². The fourth-order valence-electron chi connectivity index (χ4n) is 4.20. The maximum Gasteiger partial charge on any atom is 0.407 e. The molecule has 2 aromatic rings. The number of hydrogen-bond donors (Lipinski definition) is 3. The molecular weight excluding hydrogens is 432 g/mol. The van der Waals surface area contributed by atoms with Gasteiger partial charge in [0.05, 0.1) is 0 Å². The predicted octanol–water partition coefficient (Wildman–Crippen LogP) is 4.70. The first-order chi connectivity index (χ1) is 16.2. The summed E-state index contributed by atoms with van der Waals surface area (Å²) < 4.78 is 5.60. The smallest absolute Gasteiger partial charge is 0.407 e. The second-order valence-electron chi connectivity index (χ2n) is 9.91. The summed E-state index contributed by atoms with van der Waals surface area (Å²) in [5.41, 5.74) is 4.53. The van der Waals surface area contributed by atoms with Crippen LogP contribution >= 0.6 is 0 Å². The van der Waals surface area contributed by atoms with Gasteiger partial charge < -0.3 is 20.5 Å². The van der Waals surface area contributed by atoms with E-state index in [1.807, 2.05) is 24.3 Å². The summed E-state index contributed by atoms with van der Waals surface area (Å²) in [5, 5.41) is 14.2. The van der Waals surface area contributed by atoms with Crippen LogP contribution in [-0.2, 0) is 14.3 Å². The van der Waals surface area contributed by atoms with E-state index in [0.717, 1.165) is 28.7 Å². The molecule has 0 aromatic heterocycles. The van der Waals surface area contributed by atoms with Gasteiger partial charge in [0.1, 0.15) is 12.6 Å². The van der Waals surface area contributed by atoms with Gasteiger partial charge in [-0.2, -0.15) is 0 Å². The van der Waals surface area contributed by atoms with Crippen molar-refractivity contribution in [2.45, 2.75) is 58.4 Å². The Bertz CT molecular complexity index is 982. The van der Waals surface area contributed by atoms with Crippen LogP contribution in [0.3, 0.4) is 0 Å². The van der Waals surface area contributed by atoms with Crippen LogP contribution in [-0.4, -0.2) is 42.3 Å². The number of carbonyl (C=O) groups is 3. The number of rotatable bonds is 10. The highest BCUT2D eigenvalue weighted by atomic mass is 16.5. The van der Waals surface area contributed by atoms with Crippen molar-refractivity contribution in [3.8, 4) is 11.1 Å². The molecule has 1 aliphatic rings. The van der Waals surface area contributed by atoms with Crippen molar-refractivity contribution >= 4 is 18.0 Å². The summed E-state index contributed by atoms with van der Waals surface area (Å²) in [6.07, 6.45) is 0.856. The van der Waals surface area contributed by atoms with E-state index < -0.39 is 18.1 Å². The van der Waals surface area contributed by atoms with Crippen molar-refractivity contribution in [3.63, 3.8) is 0 Å². The Hall–Kier alpha value is -3.35. The Morgan fingerprint density at radius 3 is 2.15 bits per heavy atom. The van der Waals surface area contributed by atoms with E-state index >= 15 is 0 Å². The van der Waals surface area contributed by atoms with Crippen molar-refractivity contribution < 1.29 is 24.2 Å². The lowest BCUT2D eigenvalue weighted by Crippen LogP contribution is -2.47.